The molecular weight excluding hydrogens is 553 g/mol. The number of hydrogen-bond acceptors (Lipinski definition) is 4. The molecule has 0 bridgehead atoms. The number of ether oxygens (including phenoxy) is 2. The molecule has 0 aliphatic rings. The predicted octanol–water partition coefficient (Wildman–Crippen LogP) is 7.18. The normalized spacial score (nSPS) is 11.2. The molecule has 4 aromatic rings. The predicted molar refractivity (Wildman–Crippen MR) is 145 cm³/mol. The Kier molecular flexibility index (Phi) is 7.68. The molecular formula is C29H22INO4. The van der Waals surface area contributed by atoms with Gasteiger partial charge in [0.25, 0.3) is 0 Å². The first-order valence-electron chi connectivity index (χ1n) is 11.0. The fraction of sp³-hybridized carbons (Fsp3) is 0.103. The van der Waals surface area contributed by atoms with Crippen molar-refractivity contribution in [1.82, 2.24) is 0 Å². The highest BCUT2D eigenvalue weighted by Gasteiger charge is 2.13. The van der Waals surface area contributed by atoms with Crippen molar-refractivity contribution in [1.29, 1.82) is 5.26 Å². The maximum Gasteiger partial charge on any atom is 0.335 e. The largest absolute Gasteiger partial charge is 0.490 e. The van der Waals surface area contributed by atoms with Crippen LogP contribution in [0.4, 0.5) is 0 Å². The summed E-state index contributed by atoms with van der Waals surface area (Å²) in [5, 5.41) is 21.2. The van der Waals surface area contributed by atoms with E-state index in [1.807, 2.05) is 31.2 Å². The van der Waals surface area contributed by atoms with Gasteiger partial charge in [-0.15, -0.1) is 0 Å². The Hall–Kier alpha value is -3.83. The molecule has 4 aromatic carbocycles. The van der Waals surface area contributed by atoms with E-state index in [1.54, 1.807) is 18.2 Å². The molecule has 174 valence electrons. The van der Waals surface area contributed by atoms with Crippen LogP contribution in [-0.4, -0.2) is 17.7 Å². The zero-order chi connectivity index (χ0) is 24.8. The number of allylic oxidation sites excluding steroid dienone is 1. The number of rotatable bonds is 8. The number of benzene rings is 4. The molecule has 0 fully saturated rings. The van der Waals surface area contributed by atoms with Crippen molar-refractivity contribution in [3.63, 3.8) is 0 Å². The van der Waals surface area contributed by atoms with Gasteiger partial charge in [-0.1, -0.05) is 48.5 Å². The molecule has 0 radical (unpaired) electrons. The summed E-state index contributed by atoms with van der Waals surface area (Å²) in [5.41, 5.74) is 3.08. The summed E-state index contributed by atoms with van der Waals surface area (Å²) in [7, 11) is 0. The van der Waals surface area contributed by atoms with Gasteiger partial charge in [0.1, 0.15) is 6.61 Å². The molecule has 0 heterocycles. The van der Waals surface area contributed by atoms with Crippen LogP contribution < -0.4 is 9.47 Å². The standard InChI is InChI=1S/C29H22INO4/c1-2-34-27-16-20(14-25(17-31)22-9-11-23(12-10-22)29(32)33)15-26(30)28(27)35-18-19-7-8-21-5-3-4-6-24(21)13-19/h3-16H,2,18H2,1H3,(H,32,33)/b25-14-. The van der Waals surface area contributed by atoms with Crippen LogP contribution in [0.5, 0.6) is 11.5 Å². The lowest BCUT2D eigenvalue weighted by atomic mass is 10.0. The highest BCUT2D eigenvalue weighted by atomic mass is 127. The zero-order valence-electron chi connectivity index (χ0n) is 19.0. The topological polar surface area (TPSA) is 79.5 Å². The summed E-state index contributed by atoms with van der Waals surface area (Å²) in [4.78, 5) is 11.1. The molecule has 4 rings (SSSR count). The van der Waals surface area contributed by atoms with Gasteiger partial charge in [-0.25, -0.2) is 4.79 Å². The fourth-order valence-electron chi connectivity index (χ4n) is 3.70. The number of nitriles is 1. The van der Waals surface area contributed by atoms with Crippen molar-refractivity contribution in [2.24, 2.45) is 0 Å². The number of carbonyl (C=O) groups is 1. The Balaban J connectivity index is 1.61. The molecule has 6 heteroatoms. The van der Waals surface area contributed by atoms with E-state index in [2.05, 4.69) is 59.0 Å². The minimum atomic E-state index is -1.01. The van der Waals surface area contributed by atoms with E-state index < -0.39 is 5.97 Å². The molecule has 0 aliphatic heterocycles. The lowest BCUT2D eigenvalue weighted by molar-refractivity contribution is 0.0697. The van der Waals surface area contributed by atoms with Crippen LogP contribution in [0.2, 0.25) is 0 Å². The molecule has 0 aromatic heterocycles. The van der Waals surface area contributed by atoms with Crippen LogP contribution >= 0.6 is 22.6 Å². The molecule has 5 nitrogen and oxygen atoms in total. The van der Waals surface area contributed by atoms with Crippen molar-refractivity contribution in [2.75, 3.05) is 6.61 Å². The second kappa shape index (κ2) is 11.1. The van der Waals surface area contributed by atoms with Crippen LogP contribution in [0.3, 0.4) is 0 Å². The van der Waals surface area contributed by atoms with Crippen molar-refractivity contribution >= 4 is 51.0 Å². The third-order valence-electron chi connectivity index (χ3n) is 5.40. The number of aromatic carboxylic acids is 1. The minimum Gasteiger partial charge on any atom is -0.490 e. The van der Waals surface area contributed by atoms with Crippen molar-refractivity contribution < 1.29 is 19.4 Å². The lowest BCUT2D eigenvalue weighted by Gasteiger charge is -2.15. The van der Waals surface area contributed by atoms with Gasteiger partial charge >= 0.3 is 5.97 Å². The first-order chi connectivity index (χ1) is 17.0. The fourth-order valence-corrected chi connectivity index (χ4v) is 4.48. The first-order valence-corrected chi connectivity index (χ1v) is 12.1. The second-order valence-electron chi connectivity index (χ2n) is 7.79. The van der Waals surface area contributed by atoms with Crippen molar-refractivity contribution in [2.45, 2.75) is 13.5 Å². The van der Waals surface area contributed by atoms with Gasteiger partial charge < -0.3 is 14.6 Å². The van der Waals surface area contributed by atoms with E-state index in [-0.39, 0.29) is 5.56 Å². The van der Waals surface area contributed by atoms with E-state index in [0.29, 0.717) is 35.8 Å². The molecule has 0 atom stereocenters. The van der Waals surface area contributed by atoms with E-state index >= 15 is 0 Å². The highest BCUT2D eigenvalue weighted by Crippen LogP contribution is 2.36. The van der Waals surface area contributed by atoms with Gasteiger partial charge in [0.2, 0.25) is 0 Å². The van der Waals surface area contributed by atoms with E-state index in [0.717, 1.165) is 20.1 Å². The van der Waals surface area contributed by atoms with Gasteiger partial charge in [-0.2, -0.15) is 5.26 Å². The van der Waals surface area contributed by atoms with E-state index in [1.165, 1.54) is 17.5 Å². The Morgan fingerprint density at radius 2 is 1.69 bits per heavy atom. The third kappa shape index (κ3) is 5.81. The summed E-state index contributed by atoms with van der Waals surface area (Å²) in [6, 6.07) is 26.7. The van der Waals surface area contributed by atoms with Gasteiger partial charge in [-0.05, 0) is 93.4 Å². The Morgan fingerprint density at radius 3 is 2.37 bits per heavy atom. The van der Waals surface area contributed by atoms with Gasteiger partial charge in [0.05, 0.1) is 27.4 Å². The van der Waals surface area contributed by atoms with Crippen LogP contribution in [0, 0.1) is 14.9 Å². The molecule has 1 N–H and O–H groups in total. The molecule has 0 saturated carbocycles. The Bertz CT molecular complexity index is 1450. The number of fused-ring (bicyclic) bond motifs is 1. The van der Waals surface area contributed by atoms with Gasteiger partial charge in [-0.3, -0.25) is 0 Å². The van der Waals surface area contributed by atoms with Crippen LogP contribution in [-0.2, 0) is 6.61 Å². The number of nitrogens with zero attached hydrogens (tertiary/aromatic N) is 1. The Labute approximate surface area is 217 Å². The first kappa shape index (κ1) is 24.3. The summed E-state index contributed by atoms with van der Waals surface area (Å²) < 4.78 is 12.9. The quantitative estimate of drug-likeness (QED) is 0.137. The third-order valence-corrected chi connectivity index (χ3v) is 6.20. The number of hydrogen-bond donors (Lipinski definition) is 1. The molecule has 0 amide bonds. The zero-order valence-corrected chi connectivity index (χ0v) is 21.2. The number of carboxylic acid groups (broad SMARTS) is 1. The Morgan fingerprint density at radius 1 is 0.971 bits per heavy atom. The summed E-state index contributed by atoms with van der Waals surface area (Å²) >= 11 is 2.21. The average Bonchev–Trinajstić information content (AvgIpc) is 2.87. The van der Waals surface area contributed by atoms with Crippen LogP contribution in [0.25, 0.3) is 22.4 Å². The summed E-state index contributed by atoms with van der Waals surface area (Å²) in [6.45, 7) is 2.78. The number of halogens is 1. The van der Waals surface area contributed by atoms with Crippen molar-refractivity contribution in [3.05, 3.63) is 105 Å². The van der Waals surface area contributed by atoms with E-state index in [4.69, 9.17) is 14.6 Å². The second-order valence-corrected chi connectivity index (χ2v) is 8.95. The lowest BCUT2D eigenvalue weighted by Crippen LogP contribution is -2.02. The number of carboxylic acids is 1. The molecule has 0 spiro atoms. The van der Waals surface area contributed by atoms with Crippen molar-refractivity contribution in [3.8, 4) is 17.6 Å². The molecule has 0 aliphatic carbocycles. The average molecular weight is 575 g/mol. The minimum absolute atomic E-state index is 0.173. The maximum atomic E-state index is 11.1. The summed E-state index contributed by atoms with van der Waals surface area (Å²) in [5.74, 6) is 0.251. The van der Waals surface area contributed by atoms with E-state index in [9.17, 15) is 10.1 Å². The smallest absolute Gasteiger partial charge is 0.335 e. The highest BCUT2D eigenvalue weighted by molar-refractivity contribution is 14.1. The molecule has 0 unspecified atom stereocenters. The van der Waals surface area contributed by atoms with Crippen LogP contribution in [0.15, 0.2) is 78.9 Å². The van der Waals surface area contributed by atoms with Gasteiger partial charge in [0, 0.05) is 0 Å². The maximum absolute atomic E-state index is 11.1. The monoisotopic (exact) mass is 575 g/mol. The SMILES string of the molecule is CCOc1cc(/C=C(/C#N)c2ccc(C(=O)O)cc2)cc(I)c1OCc1ccc2ccccc2c1. The van der Waals surface area contributed by atoms with Crippen LogP contribution in [0.1, 0.15) is 34.0 Å². The molecule has 35 heavy (non-hydrogen) atoms. The molecule has 0 saturated heterocycles. The summed E-state index contributed by atoms with van der Waals surface area (Å²) in [6.07, 6.45) is 1.76. The van der Waals surface area contributed by atoms with Gasteiger partial charge in [0.15, 0.2) is 11.5 Å².